The molecule has 13 heavy (non-hydrogen) atoms. The number of aryl methyl sites for hydroxylation is 1. The van der Waals surface area contributed by atoms with Crippen LogP contribution in [0.1, 0.15) is 17.3 Å². The van der Waals surface area contributed by atoms with Crippen molar-refractivity contribution in [3.05, 3.63) is 24.0 Å². The molecule has 4 nitrogen and oxygen atoms in total. The largest absolute Gasteiger partial charge is 0.294 e. The van der Waals surface area contributed by atoms with E-state index in [1.165, 1.54) is 6.92 Å². The highest BCUT2D eigenvalue weighted by atomic mass is 16.1. The van der Waals surface area contributed by atoms with Crippen molar-refractivity contribution in [3.63, 3.8) is 0 Å². The number of ketones is 1. The summed E-state index contributed by atoms with van der Waals surface area (Å²) < 4.78 is 1.68. The second kappa shape index (κ2) is 2.65. The Labute approximate surface area is 75.2 Å². The molecule has 0 aliphatic carbocycles. The van der Waals surface area contributed by atoms with Crippen LogP contribution in [-0.2, 0) is 7.05 Å². The molecule has 0 unspecified atom stereocenters. The van der Waals surface area contributed by atoms with E-state index in [-0.39, 0.29) is 5.78 Å². The second-order valence-corrected chi connectivity index (χ2v) is 2.99. The van der Waals surface area contributed by atoms with Crippen LogP contribution in [0.15, 0.2) is 18.5 Å². The number of carbonyl (C=O) groups excluding carboxylic acids is 1. The summed E-state index contributed by atoms with van der Waals surface area (Å²) in [7, 11) is 1.83. The van der Waals surface area contributed by atoms with Crippen LogP contribution >= 0.6 is 0 Å². The van der Waals surface area contributed by atoms with Crippen LogP contribution in [0.4, 0.5) is 0 Å². The summed E-state index contributed by atoms with van der Waals surface area (Å²) in [4.78, 5) is 15.1. The summed E-state index contributed by atoms with van der Waals surface area (Å²) in [6, 6.07) is 1.75. The Kier molecular flexibility index (Phi) is 1.62. The minimum atomic E-state index is 0.0139. The lowest BCUT2D eigenvalue weighted by Gasteiger charge is -1.92. The summed E-state index contributed by atoms with van der Waals surface area (Å²) in [5.41, 5.74) is 2.17. The first kappa shape index (κ1) is 7.91. The van der Waals surface area contributed by atoms with Gasteiger partial charge in [0.05, 0.1) is 6.20 Å². The van der Waals surface area contributed by atoms with Gasteiger partial charge in [0.15, 0.2) is 5.78 Å². The van der Waals surface area contributed by atoms with E-state index in [9.17, 15) is 4.79 Å². The zero-order valence-corrected chi connectivity index (χ0v) is 7.48. The van der Waals surface area contributed by atoms with E-state index >= 15 is 0 Å². The van der Waals surface area contributed by atoms with E-state index < -0.39 is 0 Å². The molecule has 0 fully saturated rings. The molecule has 0 spiro atoms. The lowest BCUT2D eigenvalue weighted by molar-refractivity contribution is 0.101. The number of Topliss-reactive ketones (excluding diaryl/α,β-unsaturated/α-hetero) is 1. The number of pyridine rings is 1. The number of hydrogen-bond acceptors (Lipinski definition) is 3. The topological polar surface area (TPSA) is 47.8 Å². The highest BCUT2D eigenvalue weighted by Crippen LogP contribution is 2.10. The molecule has 0 bridgehead atoms. The van der Waals surface area contributed by atoms with Crippen molar-refractivity contribution < 1.29 is 4.79 Å². The molecule has 2 heterocycles. The zero-order valence-electron chi connectivity index (χ0n) is 7.48. The van der Waals surface area contributed by atoms with Crippen LogP contribution in [0, 0.1) is 0 Å². The third-order valence-corrected chi connectivity index (χ3v) is 1.88. The number of aromatic nitrogens is 3. The summed E-state index contributed by atoms with van der Waals surface area (Å²) in [5.74, 6) is 0.0139. The van der Waals surface area contributed by atoms with Gasteiger partial charge in [-0.25, -0.2) is 0 Å². The molecule has 0 atom stereocenters. The first-order valence-corrected chi connectivity index (χ1v) is 3.97. The normalized spacial score (nSPS) is 10.6. The van der Waals surface area contributed by atoms with Gasteiger partial charge in [-0.05, 0) is 13.0 Å². The van der Waals surface area contributed by atoms with Crippen molar-refractivity contribution in [1.82, 2.24) is 14.8 Å². The van der Waals surface area contributed by atoms with Crippen LogP contribution in [0.5, 0.6) is 0 Å². The highest BCUT2D eigenvalue weighted by Gasteiger charge is 2.04. The Balaban J connectivity index is 2.67. The Hall–Kier alpha value is -1.71. The number of carbonyl (C=O) groups is 1. The minimum Gasteiger partial charge on any atom is -0.294 e. The molecule has 2 rings (SSSR count). The number of fused-ring (bicyclic) bond motifs is 1. The average Bonchev–Trinajstić information content (AvgIpc) is 2.42. The number of nitrogens with zero attached hydrogens (tertiary/aromatic N) is 3. The van der Waals surface area contributed by atoms with Crippen molar-refractivity contribution in [3.8, 4) is 0 Å². The van der Waals surface area contributed by atoms with Gasteiger partial charge in [0, 0.05) is 18.8 Å². The van der Waals surface area contributed by atoms with Gasteiger partial charge in [-0.15, -0.1) is 0 Å². The maximum atomic E-state index is 11.0. The van der Waals surface area contributed by atoms with Crippen LogP contribution < -0.4 is 0 Å². The third kappa shape index (κ3) is 1.30. The number of hydrogen-bond donors (Lipinski definition) is 0. The maximum absolute atomic E-state index is 11.0. The van der Waals surface area contributed by atoms with Crippen LogP contribution in [0.3, 0.4) is 0 Å². The molecule has 0 aliphatic heterocycles. The smallest absolute Gasteiger partial charge is 0.161 e. The van der Waals surface area contributed by atoms with E-state index in [4.69, 9.17) is 0 Å². The van der Waals surface area contributed by atoms with Gasteiger partial charge in [-0.1, -0.05) is 0 Å². The molecule has 4 heteroatoms. The Bertz CT molecular complexity index is 473. The summed E-state index contributed by atoms with van der Waals surface area (Å²) in [6.07, 6.45) is 3.39. The van der Waals surface area contributed by atoms with E-state index in [2.05, 4.69) is 10.1 Å². The second-order valence-electron chi connectivity index (χ2n) is 2.99. The van der Waals surface area contributed by atoms with Gasteiger partial charge in [-0.2, -0.15) is 5.10 Å². The zero-order chi connectivity index (χ0) is 9.42. The van der Waals surface area contributed by atoms with Gasteiger partial charge >= 0.3 is 0 Å². The van der Waals surface area contributed by atoms with Crippen molar-refractivity contribution in [2.75, 3.05) is 0 Å². The average molecular weight is 175 g/mol. The Morgan fingerprint density at radius 1 is 1.46 bits per heavy atom. The predicted molar refractivity (Wildman–Crippen MR) is 48.5 cm³/mol. The summed E-state index contributed by atoms with van der Waals surface area (Å²) in [5, 5.41) is 4.16. The molecule has 0 saturated heterocycles. The molecule has 0 saturated carbocycles. The van der Waals surface area contributed by atoms with Gasteiger partial charge in [-0.3, -0.25) is 14.5 Å². The molecule has 66 valence electrons. The highest BCUT2D eigenvalue weighted by molar-refractivity contribution is 5.96. The lowest BCUT2D eigenvalue weighted by Crippen LogP contribution is -1.92. The van der Waals surface area contributed by atoms with E-state index in [1.807, 2.05) is 13.2 Å². The lowest BCUT2D eigenvalue weighted by atomic mass is 10.2. The van der Waals surface area contributed by atoms with E-state index in [1.54, 1.807) is 16.9 Å². The van der Waals surface area contributed by atoms with Crippen LogP contribution in [-0.4, -0.2) is 20.5 Å². The van der Waals surface area contributed by atoms with Crippen molar-refractivity contribution in [2.24, 2.45) is 7.05 Å². The van der Waals surface area contributed by atoms with Gasteiger partial charge < -0.3 is 0 Å². The fourth-order valence-corrected chi connectivity index (χ4v) is 1.21. The molecule has 0 amide bonds. The molecule has 0 aliphatic rings. The maximum Gasteiger partial charge on any atom is 0.161 e. The molecular formula is C9H9N3O. The minimum absolute atomic E-state index is 0.0139. The molecular weight excluding hydrogens is 166 g/mol. The standard InChI is InChI=1S/C9H9N3O/c1-6(13)7-3-8-9(10-4-7)5-12(2)11-8/h3-5H,1-2H3. The van der Waals surface area contributed by atoms with Gasteiger partial charge in [0.25, 0.3) is 0 Å². The third-order valence-electron chi connectivity index (χ3n) is 1.88. The summed E-state index contributed by atoms with van der Waals surface area (Å²) in [6.45, 7) is 1.52. The molecule has 0 radical (unpaired) electrons. The Morgan fingerprint density at radius 2 is 2.23 bits per heavy atom. The quantitative estimate of drug-likeness (QED) is 0.611. The molecule has 2 aromatic rings. The van der Waals surface area contributed by atoms with Crippen molar-refractivity contribution in [1.29, 1.82) is 0 Å². The van der Waals surface area contributed by atoms with Crippen molar-refractivity contribution in [2.45, 2.75) is 6.92 Å². The van der Waals surface area contributed by atoms with Gasteiger partial charge in [0.1, 0.15) is 11.0 Å². The first-order chi connectivity index (χ1) is 6.16. The van der Waals surface area contributed by atoms with E-state index in [0.717, 1.165) is 11.0 Å². The fourth-order valence-electron chi connectivity index (χ4n) is 1.21. The fraction of sp³-hybridized carbons (Fsp3) is 0.222. The van der Waals surface area contributed by atoms with Gasteiger partial charge in [0.2, 0.25) is 0 Å². The van der Waals surface area contributed by atoms with Crippen LogP contribution in [0.25, 0.3) is 11.0 Å². The van der Waals surface area contributed by atoms with E-state index in [0.29, 0.717) is 5.56 Å². The SMILES string of the molecule is CC(=O)c1cnc2cn(C)nc2c1. The first-order valence-electron chi connectivity index (χ1n) is 3.97. The predicted octanol–water partition coefficient (Wildman–Crippen LogP) is 1.17. The van der Waals surface area contributed by atoms with Crippen molar-refractivity contribution >= 4 is 16.8 Å². The number of rotatable bonds is 1. The monoisotopic (exact) mass is 175 g/mol. The van der Waals surface area contributed by atoms with Crippen LogP contribution in [0.2, 0.25) is 0 Å². The summed E-state index contributed by atoms with van der Waals surface area (Å²) >= 11 is 0. The molecule has 2 aromatic heterocycles. The molecule has 0 aromatic carbocycles. The molecule has 0 N–H and O–H groups in total. The Morgan fingerprint density at radius 3 is 2.92 bits per heavy atom.